The molecule has 2 aromatic heterocycles. The molecule has 1 amide bonds. The molecular weight excluding hydrogens is 252 g/mol. The third-order valence-corrected chi connectivity index (χ3v) is 3.47. The standard InChI is InChI=1S/C15H16N4O/c20-15(13-4-7-16-8-5-13)19-11-9-18(10-12-19)14-3-1-2-6-17-14/h1-8H,9-12H2. The Kier molecular flexibility index (Phi) is 3.58. The summed E-state index contributed by atoms with van der Waals surface area (Å²) in [5.74, 6) is 1.05. The van der Waals surface area contributed by atoms with Gasteiger partial charge in [0.15, 0.2) is 0 Å². The van der Waals surface area contributed by atoms with Crippen molar-refractivity contribution in [3.8, 4) is 0 Å². The molecule has 2 aromatic rings. The lowest BCUT2D eigenvalue weighted by Gasteiger charge is -2.35. The highest BCUT2D eigenvalue weighted by molar-refractivity contribution is 5.94. The van der Waals surface area contributed by atoms with E-state index in [1.807, 2.05) is 23.1 Å². The predicted octanol–water partition coefficient (Wildman–Crippen LogP) is 1.44. The first-order valence-corrected chi connectivity index (χ1v) is 6.70. The van der Waals surface area contributed by atoms with Gasteiger partial charge in [-0.25, -0.2) is 4.98 Å². The van der Waals surface area contributed by atoms with Crippen molar-refractivity contribution in [1.29, 1.82) is 0 Å². The van der Waals surface area contributed by atoms with Crippen molar-refractivity contribution in [2.75, 3.05) is 31.1 Å². The number of amides is 1. The van der Waals surface area contributed by atoms with E-state index in [0.717, 1.165) is 32.0 Å². The average molecular weight is 268 g/mol. The van der Waals surface area contributed by atoms with Gasteiger partial charge in [0.05, 0.1) is 0 Å². The number of pyridine rings is 2. The Labute approximate surface area is 117 Å². The zero-order chi connectivity index (χ0) is 13.8. The van der Waals surface area contributed by atoms with Crippen molar-refractivity contribution in [1.82, 2.24) is 14.9 Å². The van der Waals surface area contributed by atoms with Crippen LogP contribution in [0.4, 0.5) is 5.82 Å². The number of carbonyl (C=O) groups excluding carboxylic acids is 1. The van der Waals surface area contributed by atoms with Crippen LogP contribution >= 0.6 is 0 Å². The second kappa shape index (κ2) is 5.69. The number of hydrogen-bond acceptors (Lipinski definition) is 4. The summed E-state index contributed by atoms with van der Waals surface area (Å²) in [6.45, 7) is 3.07. The van der Waals surface area contributed by atoms with Crippen LogP contribution in [0.5, 0.6) is 0 Å². The molecule has 1 saturated heterocycles. The molecule has 0 bridgehead atoms. The van der Waals surface area contributed by atoms with E-state index >= 15 is 0 Å². The summed E-state index contributed by atoms with van der Waals surface area (Å²) in [4.78, 5) is 24.7. The second-order valence-electron chi connectivity index (χ2n) is 4.70. The van der Waals surface area contributed by atoms with Crippen molar-refractivity contribution in [2.24, 2.45) is 0 Å². The minimum Gasteiger partial charge on any atom is -0.353 e. The van der Waals surface area contributed by atoms with Crippen molar-refractivity contribution < 1.29 is 4.79 Å². The van der Waals surface area contributed by atoms with Gasteiger partial charge in [-0.3, -0.25) is 9.78 Å². The topological polar surface area (TPSA) is 49.3 Å². The number of rotatable bonds is 2. The fourth-order valence-electron chi connectivity index (χ4n) is 2.36. The van der Waals surface area contributed by atoms with Crippen LogP contribution in [0.3, 0.4) is 0 Å². The number of aromatic nitrogens is 2. The highest BCUT2D eigenvalue weighted by atomic mass is 16.2. The number of piperazine rings is 1. The van der Waals surface area contributed by atoms with E-state index in [1.54, 1.807) is 30.7 Å². The SMILES string of the molecule is O=C(c1ccncc1)N1CCN(c2ccccn2)CC1. The van der Waals surface area contributed by atoms with Gasteiger partial charge in [-0.2, -0.15) is 0 Å². The molecule has 0 unspecified atom stereocenters. The third kappa shape index (κ3) is 2.61. The van der Waals surface area contributed by atoms with Crippen LogP contribution in [-0.4, -0.2) is 47.0 Å². The van der Waals surface area contributed by atoms with E-state index in [2.05, 4.69) is 14.9 Å². The molecule has 102 valence electrons. The molecule has 3 rings (SSSR count). The van der Waals surface area contributed by atoms with E-state index in [9.17, 15) is 4.79 Å². The summed E-state index contributed by atoms with van der Waals surface area (Å²) in [7, 11) is 0. The minimum absolute atomic E-state index is 0.0769. The maximum absolute atomic E-state index is 12.3. The van der Waals surface area contributed by atoms with Crippen LogP contribution in [-0.2, 0) is 0 Å². The zero-order valence-corrected chi connectivity index (χ0v) is 11.1. The maximum Gasteiger partial charge on any atom is 0.254 e. The van der Waals surface area contributed by atoms with Crippen LogP contribution in [0.15, 0.2) is 48.9 Å². The van der Waals surface area contributed by atoms with E-state index in [-0.39, 0.29) is 5.91 Å². The first kappa shape index (κ1) is 12.6. The molecule has 0 radical (unpaired) electrons. The van der Waals surface area contributed by atoms with Crippen LogP contribution in [0.25, 0.3) is 0 Å². The lowest BCUT2D eigenvalue weighted by molar-refractivity contribution is 0.0746. The maximum atomic E-state index is 12.3. The average Bonchev–Trinajstić information content (AvgIpc) is 2.56. The van der Waals surface area contributed by atoms with Gasteiger partial charge in [-0.15, -0.1) is 0 Å². The number of hydrogen-bond donors (Lipinski definition) is 0. The van der Waals surface area contributed by atoms with Crippen molar-refractivity contribution in [3.05, 3.63) is 54.5 Å². The van der Waals surface area contributed by atoms with Gasteiger partial charge in [-0.1, -0.05) is 6.07 Å². The van der Waals surface area contributed by atoms with Gasteiger partial charge < -0.3 is 9.80 Å². The summed E-state index contributed by atoms with van der Waals surface area (Å²) in [5.41, 5.74) is 0.700. The molecule has 3 heterocycles. The smallest absolute Gasteiger partial charge is 0.254 e. The fraction of sp³-hybridized carbons (Fsp3) is 0.267. The number of anilines is 1. The normalized spacial score (nSPS) is 15.2. The Balaban J connectivity index is 1.63. The molecule has 1 aliphatic rings. The van der Waals surface area contributed by atoms with Gasteiger partial charge in [0.25, 0.3) is 5.91 Å². The Morgan fingerprint density at radius 3 is 2.35 bits per heavy atom. The lowest BCUT2D eigenvalue weighted by atomic mass is 10.2. The first-order chi connectivity index (χ1) is 9.84. The third-order valence-electron chi connectivity index (χ3n) is 3.47. The number of nitrogens with zero attached hydrogens (tertiary/aromatic N) is 4. The van der Waals surface area contributed by atoms with Crippen LogP contribution < -0.4 is 4.90 Å². The second-order valence-corrected chi connectivity index (χ2v) is 4.70. The van der Waals surface area contributed by atoms with Crippen molar-refractivity contribution in [2.45, 2.75) is 0 Å². The van der Waals surface area contributed by atoms with Crippen molar-refractivity contribution >= 4 is 11.7 Å². The molecule has 0 N–H and O–H groups in total. The Bertz CT molecular complexity index is 565. The van der Waals surface area contributed by atoms with Gasteiger partial charge in [0, 0.05) is 50.3 Å². The molecular formula is C15H16N4O. The minimum atomic E-state index is 0.0769. The van der Waals surface area contributed by atoms with Gasteiger partial charge in [0.1, 0.15) is 5.82 Å². The molecule has 0 aliphatic carbocycles. The first-order valence-electron chi connectivity index (χ1n) is 6.70. The summed E-state index contributed by atoms with van der Waals surface area (Å²) in [6, 6.07) is 9.41. The summed E-state index contributed by atoms with van der Waals surface area (Å²) < 4.78 is 0. The summed E-state index contributed by atoms with van der Waals surface area (Å²) >= 11 is 0. The molecule has 5 heteroatoms. The highest BCUT2D eigenvalue weighted by Crippen LogP contribution is 2.14. The molecule has 0 aromatic carbocycles. The Morgan fingerprint density at radius 1 is 0.950 bits per heavy atom. The predicted molar refractivity (Wildman–Crippen MR) is 76.6 cm³/mol. The molecule has 1 aliphatic heterocycles. The molecule has 0 saturated carbocycles. The van der Waals surface area contributed by atoms with Crippen molar-refractivity contribution in [3.63, 3.8) is 0 Å². The van der Waals surface area contributed by atoms with Gasteiger partial charge in [-0.05, 0) is 24.3 Å². The largest absolute Gasteiger partial charge is 0.353 e. The quantitative estimate of drug-likeness (QED) is 0.827. The van der Waals surface area contributed by atoms with Gasteiger partial charge in [0.2, 0.25) is 0 Å². The van der Waals surface area contributed by atoms with E-state index < -0.39 is 0 Å². The van der Waals surface area contributed by atoms with E-state index in [0.29, 0.717) is 5.56 Å². The van der Waals surface area contributed by atoms with Crippen LogP contribution in [0.1, 0.15) is 10.4 Å². The Morgan fingerprint density at radius 2 is 1.70 bits per heavy atom. The fourth-order valence-corrected chi connectivity index (χ4v) is 2.36. The number of carbonyl (C=O) groups is 1. The molecule has 5 nitrogen and oxygen atoms in total. The summed E-state index contributed by atoms with van der Waals surface area (Å²) in [6.07, 6.45) is 5.10. The monoisotopic (exact) mass is 268 g/mol. The Hall–Kier alpha value is -2.43. The molecule has 20 heavy (non-hydrogen) atoms. The van der Waals surface area contributed by atoms with Gasteiger partial charge >= 0.3 is 0 Å². The summed E-state index contributed by atoms with van der Waals surface area (Å²) in [5, 5.41) is 0. The zero-order valence-electron chi connectivity index (χ0n) is 11.1. The lowest BCUT2D eigenvalue weighted by Crippen LogP contribution is -2.49. The highest BCUT2D eigenvalue weighted by Gasteiger charge is 2.22. The van der Waals surface area contributed by atoms with Crippen LogP contribution in [0, 0.1) is 0 Å². The molecule has 1 fully saturated rings. The molecule has 0 atom stereocenters. The molecule has 0 spiro atoms. The van der Waals surface area contributed by atoms with Crippen LogP contribution in [0.2, 0.25) is 0 Å². The van der Waals surface area contributed by atoms with E-state index in [4.69, 9.17) is 0 Å². The van der Waals surface area contributed by atoms with E-state index in [1.165, 1.54) is 0 Å².